The molecule has 1 N–H and O–H groups in total. The summed E-state index contributed by atoms with van der Waals surface area (Å²) in [7, 11) is 0.200. The molecule has 0 amide bonds. The van der Waals surface area contributed by atoms with Gasteiger partial charge in [0.15, 0.2) is 6.29 Å². The van der Waals surface area contributed by atoms with Crippen molar-refractivity contribution in [3.63, 3.8) is 0 Å². The minimum absolute atomic E-state index is 0.0404. The van der Waals surface area contributed by atoms with E-state index in [-0.39, 0.29) is 11.8 Å². The van der Waals surface area contributed by atoms with Crippen molar-refractivity contribution in [3.05, 3.63) is 29.8 Å². The Morgan fingerprint density at radius 3 is 2.28 bits per heavy atom. The SMILES string of the molecule is [2H]Cc1ccc(S(=O)(=O)OC[C@H]2OC(OC)[C@H](OC)[C@@H](OC)[C@@H]2O)cc1. The van der Waals surface area contributed by atoms with Gasteiger partial charge in [-0.05, 0) is 19.0 Å². The third-order valence-electron chi connectivity index (χ3n) is 3.99. The van der Waals surface area contributed by atoms with E-state index in [2.05, 4.69) is 0 Å². The van der Waals surface area contributed by atoms with Crippen molar-refractivity contribution in [3.8, 4) is 0 Å². The number of ether oxygens (including phenoxy) is 4. The summed E-state index contributed by atoms with van der Waals surface area (Å²) in [5, 5.41) is 10.4. The maximum atomic E-state index is 12.3. The first-order valence-corrected chi connectivity index (χ1v) is 8.98. The zero-order valence-corrected chi connectivity index (χ0v) is 15.1. The molecule has 5 atom stereocenters. The summed E-state index contributed by atoms with van der Waals surface area (Å²) in [6.45, 7) is -0.360. The molecule has 0 aromatic heterocycles. The molecular weight excluding hydrogens is 352 g/mol. The highest BCUT2D eigenvalue weighted by atomic mass is 32.2. The zero-order chi connectivity index (χ0) is 19.3. The molecule has 1 aromatic carbocycles. The predicted octanol–water partition coefficient (Wildman–Crippen LogP) is 0.463. The highest BCUT2D eigenvalue weighted by molar-refractivity contribution is 7.86. The Morgan fingerprint density at radius 1 is 1.12 bits per heavy atom. The van der Waals surface area contributed by atoms with Crippen LogP contribution in [-0.4, -0.2) is 72.2 Å². The van der Waals surface area contributed by atoms with E-state index in [1.165, 1.54) is 33.5 Å². The normalized spacial score (nSPS) is 30.9. The van der Waals surface area contributed by atoms with Crippen LogP contribution in [0, 0.1) is 6.90 Å². The van der Waals surface area contributed by atoms with Gasteiger partial charge >= 0.3 is 0 Å². The van der Waals surface area contributed by atoms with Gasteiger partial charge in [-0.15, -0.1) is 0 Å². The van der Waals surface area contributed by atoms with Gasteiger partial charge in [-0.2, -0.15) is 8.42 Å². The Bertz CT molecular complexity index is 665. The highest BCUT2D eigenvalue weighted by Gasteiger charge is 2.46. The number of hydrogen-bond donors (Lipinski definition) is 1. The maximum Gasteiger partial charge on any atom is 0.297 e. The Labute approximate surface area is 149 Å². The average Bonchev–Trinajstić information content (AvgIpc) is 2.66. The zero-order valence-electron chi connectivity index (χ0n) is 15.3. The lowest BCUT2D eigenvalue weighted by Crippen LogP contribution is -2.60. The second kappa shape index (κ2) is 8.54. The average molecular weight is 377 g/mol. The molecule has 1 aliphatic heterocycles. The van der Waals surface area contributed by atoms with Gasteiger partial charge in [-0.1, -0.05) is 17.7 Å². The lowest BCUT2D eigenvalue weighted by molar-refractivity contribution is -0.301. The van der Waals surface area contributed by atoms with Gasteiger partial charge in [0.25, 0.3) is 10.1 Å². The number of hydrogen-bond acceptors (Lipinski definition) is 8. The van der Waals surface area contributed by atoms with E-state index >= 15 is 0 Å². The maximum absolute atomic E-state index is 12.3. The van der Waals surface area contributed by atoms with Gasteiger partial charge in [0.05, 0.1) is 11.5 Å². The molecule has 9 heteroatoms. The molecule has 1 aliphatic rings. The summed E-state index contributed by atoms with van der Waals surface area (Å²) in [6.07, 6.45) is -4.45. The third-order valence-corrected chi connectivity index (χ3v) is 5.29. The van der Waals surface area contributed by atoms with Crippen LogP contribution in [0.25, 0.3) is 0 Å². The van der Waals surface area contributed by atoms with Crippen molar-refractivity contribution < 1.29 is 38.0 Å². The molecule has 2 rings (SSSR count). The topological polar surface area (TPSA) is 101 Å². The molecule has 1 aromatic rings. The second-order valence-corrected chi connectivity index (χ2v) is 7.17. The number of aliphatic hydroxyl groups excluding tert-OH is 1. The monoisotopic (exact) mass is 377 g/mol. The number of benzene rings is 1. The Kier molecular flexibility index (Phi) is 6.39. The lowest BCUT2D eigenvalue weighted by atomic mass is 9.99. The van der Waals surface area contributed by atoms with Gasteiger partial charge in [0.2, 0.25) is 0 Å². The third kappa shape index (κ3) is 4.56. The highest BCUT2D eigenvalue weighted by Crippen LogP contribution is 2.26. The molecule has 1 unspecified atom stereocenters. The van der Waals surface area contributed by atoms with E-state index in [0.29, 0.717) is 5.56 Å². The molecule has 142 valence electrons. The first kappa shape index (κ1) is 18.7. The van der Waals surface area contributed by atoms with Gasteiger partial charge in [-0.25, -0.2) is 0 Å². The molecule has 1 saturated heterocycles. The molecule has 0 aliphatic carbocycles. The molecule has 0 spiro atoms. The molecular formula is C16H24O8S. The minimum Gasteiger partial charge on any atom is -0.387 e. The summed E-state index contributed by atoms with van der Waals surface area (Å²) in [5.74, 6) is 0. The standard InChI is InChI=1S/C16H24O8S/c1-10-5-7-11(8-6-10)25(18,19)23-9-12-13(17)14(20-2)15(21-3)16(22-4)24-12/h5-8,12-17H,9H2,1-4H3/t12-,13-,14+,15-,16?/m1/s1/i1D. The van der Waals surface area contributed by atoms with Crippen molar-refractivity contribution in [1.29, 1.82) is 0 Å². The fraction of sp³-hybridized carbons (Fsp3) is 0.625. The van der Waals surface area contributed by atoms with Crippen LogP contribution in [0.1, 0.15) is 6.93 Å². The van der Waals surface area contributed by atoms with Crippen LogP contribution in [0.2, 0.25) is 0 Å². The minimum atomic E-state index is -4.04. The van der Waals surface area contributed by atoms with Crippen LogP contribution < -0.4 is 0 Å². The van der Waals surface area contributed by atoms with Crippen LogP contribution in [0.4, 0.5) is 0 Å². The quantitative estimate of drug-likeness (QED) is 0.684. The van der Waals surface area contributed by atoms with Gasteiger partial charge in [0.1, 0.15) is 24.4 Å². The Hall–Kier alpha value is -1.07. The van der Waals surface area contributed by atoms with Gasteiger partial charge in [-0.3, -0.25) is 4.18 Å². The van der Waals surface area contributed by atoms with Crippen molar-refractivity contribution >= 4 is 10.1 Å². The first-order chi connectivity index (χ1) is 12.4. The van der Waals surface area contributed by atoms with Crippen LogP contribution in [0.15, 0.2) is 29.2 Å². The summed E-state index contributed by atoms with van der Waals surface area (Å²) in [6, 6.07) is 5.82. The van der Waals surface area contributed by atoms with E-state index in [9.17, 15) is 13.5 Å². The fourth-order valence-corrected chi connectivity index (χ4v) is 3.54. The number of rotatable bonds is 7. The molecule has 0 saturated carbocycles. The first-order valence-electron chi connectivity index (χ1n) is 8.28. The molecule has 0 radical (unpaired) electrons. The molecule has 8 nitrogen and oxygen atoms in total. The molecule has 1 fully saturated rings. The summed E-state index contributed by atoms with van der Waals surface area (Å²) < 4.78 is 58.2. The van der Waals surface area contributed by atoms with Crippen LogP contribution >= 0.6 is 0 Å². The van der Waals surface area contributed by atoms with E-state index in [4.69, 9.17) is 24.5 Å². The fourth-order valence-electron chi connectivity index (χ4n) is 2.62. The van der Waals surface area contributed by atoms with Crippen molar-refractivity contribution in [2.75, 3.05) is 27.9 Å². The number of methoxy groups -OCH3 is 3. The van der Waals surface area contributed by atoms with Crippen LogP contribution in [0.5, 0.6) is 0 Å². The van der Waals surface area contributed by atoms with E-state index < -0.39 is 47.4 Å². The van der Waals surface area contributed by atoms with Gasteiger partial charge < -0.3 is 24.1 Å². The summed E-state index contributed by atoms with van der Waals surface area (Å²) in [5.41, 5.74) is 0.687. The largest absolute Gasteiger partial charge is 0.387 e. The van der Waals surface area contributed by atoms with E-state index in [1.54, 1.807) is 12.1 Å². The molecule has 0 bridgehead atoms. The Morgan fingerprint density at radius 2 is 1.76 bits per heavy atom. The molecule has 25 heavy (non-hydrogen) atoms. The Balaban J connectivity index is 2.08. The second-order valence-electron chi connectivity index (χ2n) is 5.55. The van der Waals surface area contributed by atoms with Crippen molar-refractivity contribution in [1.82, 2.24) is 0 Å². The van der Waals surface area contributed by atoms with E-state index in [0.717, 1.165) is 0 Å². The predicted molar refractivity (Wildman–Crippen MR) is 87.6 cm³/mol. The van der Waals surface area contributed by atoms with E-state index in [1.807, 2.05) is 0 Å². The summed E-state index contributed by atoms with van der Waals surface area (Å²) in [4.78, 5) is -0.0404. The molecule has 1 heterocycles. The van der Waals surface area contributed by atoms with Crippen molar-refractivity contribution in [2.45, 2.75) is 42.5 Å². The van der Waals surface area contributed by atoms with Gasteiger partial charge in [0, 0.05) is 22.7 Å². The van der Waals surface area contributed by atoms with Crippen LogP contribution in [-0.2, 0) is 33.2 Å². The van der Waals surface area contributed by atoms with Crippen LogP contribution in [0.3, 0.4) is 0 Å². The number of aliphatic hydroxyl groups is 1. The smallest absolute Gasteiger partial charge is 0.297 e. The lowest BCUT2D eigenvalue weighted by Gasteiger charge is -2.42. The van der Waals surface area contributed by atoms with Crippen molar-refractivity contribution in [2.24, 2.45) is 0 Å². The summed E-state index contributed by atoms with van der Waals surface area (Å²) >= 11 is 0. The number of aryl methyl sites for hydroxylation is 1.